The van der Waals surface area contributed by atoms with Crippen molar-refractivity contribution in [3.63, 3.8) is 0 Å². The summed E-state index contributed by atoms with van der Waals surface area (Å²) in [6, 6.07) is 12.0. The number of hydrogen-bond acceptors (Lipinski definition) is 2. The van der Waals surface area contributed by atoms with Crippen molar-refractivity contribution in [1.29, 1.82) is 0 Å². The molecule has 1 aliphatic heterocycles. The monoisotopic (exact) mass is 319 g/mol. The van der Waals surface area contributed by atoms with Crippen LogP contribution in [0.4, 0.5) is 5.69 Å². The van der Waals surface area contributed by atoms with Crippen molar-refractivity contribution in [1.82, 2.24) is 0 Å². The minimum absolute atomic E-state index is 0.209. The zero-order chi connectivity index (χ0) is 16.8. The van der Waals surface area contributed by atoms with E-state index in [-0.39, 0.29) is 6.04 Å². The number of rotatable bonds is 2. The van der Waals surface area contributed by atoms with Gasteiger partial charge in [-0.3, -0.25) is 0 Å². The molecule has 2 aromatic carbocycles. The molecule has 0 unspecified atom stereocenters. The fourth-order valence-corrected chi connectivity index (χ4v) is 4.08. The van der Waals surface area contributed by atoms with Gasteiger partial charge in [-0.25, -0.2) is 4.79 Å². The summed E-state index contributed by atoms with van der Waals surface area (Å²) in [6.07, 6.45) is 5.66. The van der Waals surface area contributed by atoms with Crippen molar-refractivity contribution in [3.05, 3.63) is 76.4 Å². The molecule has 2 N–H and O–H groups in total. The van der Waals surface area contributed by atoms with E-state index >= 15 is 0 Å². The van der Waals surface area contributed by atoms with Gasteiger partial charge in [-0.2, -0.15) is 0 Å². The quantitative estimate of drug-likeness (QED) is 0.780. The molecule has 3 nitrogen and oxygen atoms in total. The first-order chi connectivity index (χ1) is 11.6. The average Bonchev–Trinajstić information content (AvgIpc) is 3.07. The molecule has 122 valence electrons. The van der Waals surface area contributed by atoms with Crippen molar-refractivity contribution in [2.24, 2.45) is 5.92 Å². The lowest BCUT2D eigenvalue weighted by molar-refractivity contribution is 0.0697. The van der Waals surface area contributed by atoms with Crippen LogP contribution in [0.1, 0.15) is 51.0 Å². The minimum Gasteiger partial charge on any atom is -0.478 e. The van der Waals surface area contributed by atoms with Crippen LogP contribution in [-0.2, 0) is 0 Å². The fourth-order valence-electron chi connectivity index (χ4n) is 4.08. The maximum absolute atomic E-state index is 11.1. The van der Waals surface area contributed by atoms with Crippen LogP contribution in [0, 0.1) is 19.8 Å². The molecule has 0 radical (unpaired) electrons. The van der Waals surface area contributed by atoms with E-state index in [1.807, 2.05) is 12.1 Å². The Bertz CT molecular complexity index is 836. The summed E-state index contributed by atoms with van der Waals surface area (Å²) < 4.78 is 0. The molecule has 1 aliphatic carbocycles. The number of benzene rings is 2. The van der Waals surface area contributed by atoms with Gasteiger partial charge in [0, 0.05) is 11.6 Å². The molecule has 0 saturated carbocycles. The Morgan fingerprint density at radius 3 is 2.58 bits per heavy atom. The lowest BCUT2D eigenvalue weighted by Crippen LogP contribution is -2.29. The summed E-state index contributed by atoms with van der Waals surface area (Å²) >= 11 is 0. The largest absolute Gasteiger partial charge is 0.478 e. The van der Waals surface area contributed by atoms with Crippen LogP contribution in [0.2, 0.25) is 0 Å². The van der Waals surface area contributed by atoms with Gasteiger partial charge in [0.15, 0.2) is 0 Å². The normalized spacial score (nSPS) is 24.2. The Hall–Kier alpha value is -2.55. The third-order valence-corrected chi connectivity index (χ3v) is 5.58. The van der Waals surface area contributed by atoms with E-state index in [1.54, 1.807) is 12.1 Å². The lowest BCUT2D eigenvalue weighted by atomic mass is 9.76. The van der Waals surface area contributed by atoms with E-state index in [0.29, 0.717) is 17.4 Å². The van der Waals surface area contributed by atoms with Crippen molar-refractivity contribution < 1.29 is 9.90 Å². The van der Waals surface area contributed by atoms with Crippen molar-refractivity contribution in [3.8, 4) is 0 Å². The van der Waals surface area contributed by atoms with Gasteiger partial charge in [0.1, 0.15) is 0 Å². The number of allylic oxidation sites excluding steroid dienone is 2. The van der Waals surface area contributed by atoms with Gasteiger partial charge >= 0.3 is 5.97 Å². The zero-order valence-electron chi connectivity index (χ0n) is 13.9. The number of hydrogen-bond donors (Lipinski definition) is 2. The van der Waals surface area contributed by atoms with E-state index in [9.17, 15) is 4.79 Å². The third kappa shape index (κ3) is 2.23. The Kier molecular flexibility index (Phi) is 3.45. The third-order valence-electron chi connectivity index (χ3n) is 5.58. The maximum Gasteiger partial charge on any atom is 0.335 e. The lowest BCUT2D eigenvalue weighted by Gasteiger charge is -2.38. The predicted molar refractivity (Wildman–Crippen MR) is 95.7 cm³/mol. The van der Waals surface area contributed by atoms with Crippen molar-refractivity contribution >= 4 is 11.7 Å². The average molecular weight is 319 g/mol. The Morgan fingerprint density at radius 1 is 1.12 bits per heavy atom. The molecule has 1 heterocycles. The SMILES string of the molecule is Cc1ccc2c(c1C)N[C@H](c1ccc(C(=O)O)cc1)[C@@H]1CC=C[C@H]21. The summed E-state index contributed by atoms with van der Waals surface area (Å²) in [5, 5.41) is 12.9. The van der Waals surface area contributed by atoms with E-state index in [1.165, 1.54) is 22.4 Å². The smallest absolute Gasteiger partial charge is 0.335 e. The number of fused-ring (bicyclic) bond motifs is 3. The molecule has 0 aromatic heterocycles. The summed E-state index contributed by atoms with van der Waals surface area (Å²) in [5.74, 6) is 0.0374. The highest BCUT2D eigenvalue weighted by Crippen LogP contribution is 2.50. The van der Waals surface area contributed by atoms with E-state index in [2.05, 4.69) is 43.4 Å². The van der Waals surface area contributed by atoms with Crippen LogP contribution < -0.4 is 5.32 Å². The molecular weight excluding hydrogens is 298 g/mol. The molecule has 0 amide bonds. The Labute approximate surface area is 142 Å². The number of carboxylic acid groups (broad SMARTS) is 1. The fraction of sp³-hybridized carbons (Fsp3) is 0.286. The number of carboxylic acids is 1. The zero-order valence-corrected chi connectivity index (χ0v) is 13.9. The Morgan fingerprint density at radius 2 is 1.88 bits per heavy atom. The van der Waals surface area contributed by atoms with Gasteiger partial charge in [0.2, 0.25) is 0 Å². The summed E-state index contributed by atoms with van der Waals surface area (Å²) in [5.41, 5.74) is 6.72. The van der Waals surface area contributed by atoms with Gasteiger partial charge in [-0.1, -0.05) is 36.4 Å². The van der Waals surface area contributed by atoms with Gasteiger partial charge in [0.05, 0.1) is 11.6 Å². The number of anilines is 1. The number of aryl methyl sites for hydroxylation is 1. The molecule has 3 atom stereocenters. The first kappa shape index (κ1) is 15.0. The molecule has 2 aromatic rings. The van der Waals surface area contributed by atoms with Crippen LogP contribution in [0.15, 0.2) is 48.6 Å². The van der Waals surface area contributed by atoms with Crippen LogP contribution >= 0.6 is 0 Å². The number of nitrogens with one attached hydrogen (secondary N) is 1. The molecule has 0 bridgehead atoms. The molecule has 2 aliphatic rings. The van der Waals surface area contributed by atoms with Gasteiger partial charge < -0.3 is 10.4 Å². The van der Waals surface area contributed by atoms with E-state index in [0.717, 1.165) is 12.0 Å². The molecule has 0 fully saturated rings. The summed E-state index contributed by atoms with van der Waals surface area (Å²) in [6.45, 7) is 4.31. The first-order valence-corrected chi connectivity index (χ1v) is 8.43. The topological polar surface area (TPSA) is 49.3 Å². The molecule has 0 spiro atoms. The minimum atomic E-state index is -0.879. The van der Waals surface area contributed by atoms with E-state index in [4.69, 9.17) is 5.11 Å². The van der Waals surface area contributed by atoms with Gasteiger partial charge in [0.25, 0.3) is 0 Å². The first-order valence-electron chi connectivity index (χ1n) is 8.43. The maximum atomic E-state index is 11.1. The summed E-state index contributed by atoms with van der Waals surface area (Å²) in [7, 11) is 0. The molecule has 3 heteroatoms. The molecular formula is C21H21NO2. The second kappa shape index (κ2) is 5.52. The second-order valence-corrected chi connectivity index (χ2v) is 6.87. The highest BCUT2D eigenvalue weighted by Gasteiger charge is 2.38. The second-order valence-electron chi connectivity index (χ2n) is 6.87. The van der Waals surface area contributed by atoms with Crippen molar-refractivity contribution in [2.45, 2.75) is 32.2 Å². The highest BCUT2D eigenvalue weighted by atomic mass is 16.4. The number of carbonyl (C=O) groups is 1. The van der Waals surface area contributed by atoms with Gasteiger partial charge in [-0.05, 0) is 60.6 Å². The van der Waals surface area contributed by atoms with Gasteiger partial charge in [-0.15, -0.1) is 0 Å². The Balaban J connectivity index is 1.77. The summed E-state index contributed by atoms with van der Waals surface area (Å²) in [4.78, 5) is 11.1. The standard InChI is InChI=1S/C21H21NO2/c1-12-6-11-18-16-4-3-5-17(16)20(22-19(18)13(12)2)14-7-9-15(10-8-14)21(23)24/h3-4,6-11,16-17,20,22H,5H2,1-2H3,(H,23,24)/t16-,17+,20+/m0/s1. The van der Waals surface area contributed by atoms with Crippen LogP contribution in [0.25, 0.3) is 0 Å². The molecule has 0 saturated heterocycles. The van der Waals surface area contributed by atoms with E-state index < -0.39 is 5.97 Å². The molecule has 4 rings (SSSR count). The molecule has 24 heavy (non-hydrogen) atoms. The highest BCUT2D eigenvalue weighted by molar-refractivity contribution is 5.87. The van der Waals surface area contributed by atoms with Crippen LogP contribution in [-0.4, -0.2) is 11.1 Å². The van der Waals surface area contributed by atoms with Crippen LogP contribution in [0.3, 0.4) is 0 Å². The predicted octanol–water partition coefficient (Wildman–Crippen LogP) is 4.83. The van der Waals surface area contributed by atoms with Crippen LogP contribution in [0.5, 0.6) is 0 Å². The number of aromatic carboxylic acids is 1. The van der Waals surface area contributed by atoms with Crippen molar-refractivity contribution in [2.75, 3.05) is 5.32 Å².